The van der Waals surface area contributed by atoms with E-state index in [2.05, 4.69) is 15.2 Å². The summed E-state index contributed by atoms with van der Waals surface area (Å²) in [7, 11) is 0. The number of nitrogens with zero attached hydrogens (tertiary/aromatic N) is 3. The number of aromatic nitrogens is 1. The minimum absolute atomic E-state index is 0.0418. The summed E-state index contributed by atoms with van der Waals surface area (Å²) < 4.78 is 38.2. The number of rotatable bonds is 5. The van der Waals surface area contributed by atoms with Gasteiger partial charge in [-0.25, -0.2) is 4.98 Å². The maximum Gasteiger partial charge on any atom is 0.417 e. The number of hydrogen-bond acceptors (Lipinski definition) is 4. The van der Waals surface area contributed by atoms with Gasteiger partial charge in [0.2, 0.25) is 5.91 Å². The molecular weight excluding hydrogens is 381 g/mol. The molecule has 1 aromatic carbocycles. The molecule has 1 saturated heterocycles. The molecule has 2 aromatic rings. The average molecular weight is 406 g/mol. The van der Waals surface area contributed by atoms with Gasteiger partial charge in [-0.05, 0) is 37.1 Å². The third-order valence-electron chi connectivity index (χ3n) is 5.10. The molecule has 1 aliphatic heterocycles. The highest BCUT2D eigenvalue weighted by atomic mass is 19.4. The van der Waals surface area contributed by atoms with Gasteiger partial charge in [0.05, 0.1) is 11.6 Å². The second kappa shape index (κ2) is 9.26. The third kappa shape index (κ3) is 5.47. The second-order valence-electron chi connectivity index (χ2n) is 7.06. The Hall–Kier alpha value is -2.61. The Balaban J connectivity index is 1.62. The highest BCUT2D eigenvalue weighted by Gasteiger charge is 2.31. The van der Waals surface area contributed by atoms with Crippen LogP contribution >= 0.6 is 0 Å². The Morgan fingerprint density at radius 2 is 1.86 bits per heavy atom. The number of amides is 1. The van der Waals surface area contributed by atoms with E-state index in [4.69, 9.17) is 0 Å². The van der Waals surface area contributed by atoms with Crippen molar-refractivity contribution < 1.29 is 18.0 Å². The number of carbonyl (C=O) groups excluding carboxylic acids is 1. The quantitative estimate of drug-likeness (QED) is 0.815. The third-order valence-corrected chi connectivity index (χ3v) is 5.10. The topological polar surface area (TPSA) is 48.5 Å². The van der Waals surface area contributed by atoms with Gasteiger partial charge < -0.3 is 10.2 Å². The minimum Gasteiger partial charge on any atom is -0.355 e. The van der Waals surface area contributed by atoms with Crippen molar-refractivity contribution in [3.8, 4) is 0 Å². The van der Waals surface area contributed by atoms with Crippen LogP contribution in [0.25, 0.3) is 0 Å². The number of nitrogens with one attached hydrogen (secondary N) is 1. The van der Waals surface area contributed by atoms with Crippen molar-refractivity contribution in [2.24, 2.45) is 0 Å². The standard InChI is InChI=1S/C21H25F3N4O/c1-2-18(20(29)26-17-7-4-3-5-8-17)27-11-6-12-28(14-13-27)19-10-9-16(15-25-19)21(22,23)24/h3-5,7-10,15,18H,2,6,11-14H2,1H3,(H,26,29). The van der Waals surface area contributed by atoms with Crippen LogP contribution in [0.2, 0.25) is 0 Å². The van der Waals surface area contributed by atoms with E-state index in [0.717, 1.165) is 30.9 Å². The molecule has 8 heteroatoms. The number of alkyl halides is 3. The van der Waals surface area contributed by atoms with Crippen molar-refractivity contribution in [1.29, 1.82) is 0 Å². The first-order valence-electron chi connectivity index (χ1n) is 9.76. The largest absolute Gasteiger partial charge is 0.417 e. The molecule has 29 heavy (non-hydrogen) atoms. The van der Waals surface area contributed by atoms with Gasteiger partial charge in [-0.1, -0.05) is 25.1 Å². The zero-order valence-corrected chi connectivity index (χ0v) is 16.3. The van der Waals surface area contributed by atoms with E-state index in [1.54, 1.807) is 0 Å². The summed E-state index contributed by atoms with van der Waals surface area (Å²) in [4.78, 5) is 20.9. The number of anilines is 2. The van der Waals surface area contributed by atoms with Crippen molar-refractivity contribution in [1.82, 2.24) is 9.88 Å². The van der Waals surface area contributed by atoms with Gasteiger partial charge in [0.15, 0.2) is 0 Å². The molecule has 2 heterocycles. The van der Waals surface area contributed by atoms with E-state index in [1.807, 2.05) is 42.2 Å². The molecule has 0 spiro atoms. The summed E-state index contributed by atoms with van der Waals surface area (Å²) in [6.45, 7) is 4.66. The fourth-order valence-electron chi connectivity index (χ4n) is 3.58. The zero-order valence-electron chi connectivity index (χ0n) is 16.3. The first kappa shape index (κ1) is 21.1. The van der Waals surface area contributed by atoms with Crippen LogP contribution < -0.4 is 10.2 Å². The number of carbonyl (C=O) groups is 1. The SMILES string of the molecule is CCC(C(=O)Nc1ccccc1)N1CCCN(c2ccc(C(F)(F)F)cn2)CC1. The van der Waals surface area contributed by atoms with E-state index < -0.39 is 11.7 Å². The molecule has 0 bridgehead atoms. The van der Waals surface area contributed by atoms with Crippen molar-refractivity contribution >= 4 is 17.4 Å². The first-order valence-corrected chi connectivity index (χ1v) is 9.76. The Labute approximate surface area is 168 Å². The van der Waals surface area contributed by atoms with Gasteiger partial charge in [-0.2, -0.15) is 13.2 Å². The van der Waals surface area contributed by atoms with Crippen molar-refractivity contribution in [2.75, 3.05) is 36.4 Å². The van der Waals surface area contributed by atoms with Crippen molar-refractivity contribution in [3.63, 3.8) is 0 Å². The van der Waals surface area contributed by atoms with Crippen LogP contribution in [0, 0.1) is 0 Å². The van der Waals surface area contributed by atoms with Crippen LogP contribution in [-0.2, 0) is 11.0 Å². The summed E-state index contributed by atoms with van der Waals surface area (Å²) >= 11 is 0. The monoisotopic (exact) mass is 406 g/mol. The molecule has 1 aliphatic rings. The molecule has 5 nitrogen and oxygen atoms in total. The molecule has 3 rings (SSSR count). The maximum absolute atomic E-state index is 12.8. The number of benzene rings is 1. The molecule has 1 amide bonds. The summed E-state index contributed by atoms with van der Waals surface area (Å²) in [6.07, 6.45) is -2.03. The lowest BCUT2D eigenvalue weighted by Crippen LogP contribution is -2.45. The number of halogens is 3. The van der Waals surface area contributed by atoms with Crippen LogP contribution in [0.15, 0.2) is 48.7 Å². The summed E-state index contributed by atoms with van der Waals surface area (Å²) in [5.74, 6) is 0.487. The van der Waals surface area contributed by atoms with Crippen molar-refractivity contribution in [2.45, 2.75) is 32.0 Å². The van der Waals surface area contributed by atoms with E-state index in [9.17, 15) is 18.0 Å². The second-order valence-corrected chi connectivity index (χ2v) is 7.06. The highest BCUT2D eigenvalue weighted by molar-refractivity contribution is 5.94. The van der Waals surface area contributed by atoms with Crippen LogP contribution in [-0.4, -0.2) is 48.0 Å². The van der Waals surface area contributed by atoms with E-state index in [0.29, 0.717) is 31.9 Å². The highest BCUT2D eigenvalue weighted by Crippen LogP contribution is 2.29. The number of pyridine rings is 1. The fourth-order valence-corrected chi connectivity index (χ4v) is 3.58. The van der Waals surface area contributed by atoms with Crippen molar-refractivity contribution in [3.05, 3.63) is 54.2 Å². The minimum atomic E-state index is -4.39. The Bertz CT molecular complexity index is 796. The molecule has 156 valence electrons. The molecule has 1 fully saturated rings. The number of hydrogen-bond donors (Lipinski definition) is 1. The Morgan fingerprint density at radius 1 is 1.10 bits per heavy atom. The maximum atomic E-state index is 12.8. The lowest BCUT2D eigenvalue weighted by atomic mass is 10.1. The van der Waals surface area contributed by atoms with Gasteiger partial charge in [0.1, 0.15) is 5.82 Å². The van der Waals surface area contributed by atoms with Crippen LogP contribution in [0.1, 0.15) is 25.3 Å². The average Bonchev–Trinajstić information content (AvgIpc) is 2.95. The van der Waals surface area contributed by atoms with Gasteiger partial charge in [0, 0.05) is 38.1 Å². The van der Waals surface area contributed by atoms with Gasteiger partial charge in [-0.15, -0.1) is 0 Å². The van der Waals surface area contributed by atoms with E-state index in [-0.39, 0.29) is 11.9 Å². The lowest BCUT2D eigenvalue weighted by molar-refractivity contribution is -0.137. The van der Waals surface area contributed by atoms with E-state index >= 15 is 0 Å². The Kier molecular flexibility index (Phi) is 6.74. The molecule has 1 unspecified atom stereocenters. The van der Waals surface area contributed by atoms with Gasteiger partial charge >= 0.3 is 6.18 Å². The van der Waals surface area contributed by atoms with Crippen LogP contribution in [0.3, 0.4) is 0 Å². The van der Waals surface area contributed by atoms with E-state index in [1.165, 1.54) is 6.07 Å². The molecule has 0 radical (unpaired) electrons. The summed E-state index contributed by atoms with van der Waals surface area (Å²) in [5, 5.41) is 2.96. The Morgan fingerprint density at radius 3 is 2.48 bits per heavy atom. The predicted octanol–water partition coefficient (Wildman–Crippen LogP) is 4.03. The summed E-state index contributed by atoms with van der Waals surface area (Å²) in [6, 6.07) is 11.6. The van der Waals surface area contributed by atoms with Gasteiger partial charge in [-0.3, -0.25) is 9.69 Å². The normalized spacial score (nSPS) is 16.9. The molecule has 1 aromatic heterocycles. The first-order chi connectivity index (χ1) is 13.9. The molecule has 1 N–H and O–H groups in total. The lowest BCUT2D eigenvalue weighted by Gasteiger charge is -2.29. The number of para-hydroxylation sites is 1. The smallest absolute Gasteiger partial charge is 0.355 e. The molecule has 0 saturated carbocycles. The molecular formula is C21H25F3N4O. The van der Waals surface area contributed by atoms with Gasteiger partial charge in [0.25, 0.3) is 0 Å². The molecule has 0 aliphatic carbocycles. The summed E-state index contributed by atoms with van der Waals surface area (Å²) in [5.41, 5.74) is 0.0164. The molecule has 1 atom stereocenters. The fraction of sp³-hybridized carbons (Fsp3) is 0.429. The van der Waals surface area contributed by atoms with Crippen LogP contribution in [0.4, 0.5) is 24.7 Å². The predicted molar refractivity (Wildman–Crippen MR) is 107 cm³/mol. The van der Waals surface area contributed by atoms with Crippen LogP contribution in [0.5, 0.6) is 0 Å². The zero-order chi connectivity index (χ0) is 20.9.